The van der Waals surface area contributed by atoms with Gasteiger partial charge in [0.2, 0.25) is 5.89 Å². The van der Waals surface area contributed by atoms with Gasteiger partial charge in [-0.3, -0.25) is 4.79 Å². The van der Waals surface area contributed by atoms with Gasteiger partial charge in [-0.05, 0) is 13.3 Å². The van der Waals surface area contributed by atoms with Crippen LogP contribution < -0.4 is 11.1 Å². The lowest BCUT2D eigenvalue weighted by Gasteiger charge is -2.03. The van der Waals surface area contributed by atoms with Crippen molar-refractivity contribution in [2.24, 2.45) is 5.73 Å². The maximum atomic E-state index is 11.8. The number of hydrogen-bond acceptors (Lipinski definition) is 4. The fourth-order valence-corrected chi connectivity index (χ4v) is 1.98. The molecule has 1 unspecified atom stereocenters. The Labute approximate surface area is 121 Å². The first kappa shape index (κ1) is 16.7. The first-order valence-electron chi connectivity index (χ1n) is 7.64. The van der Waals surface area contributed by atoms with Gasteiger partial charge < -0.3 is 15.5 Å². The lowest BCUT2D eigenvalue weighted by molar-refractivity contribution is 0.0948. The number of nitrogens with two attached hydrogens (primary N) is 1. The van der Waals surface area contributed by atoms with Crippen LogP contribution in [0.2, 0.25) is 0 Å². The molecule has 0 fully saturated rings. The van der Waals surface area contributed by atoms with Crippen LogP contribution in [0, 0.1) is 0 Å². The Morgan fingerprint density at radius 3 is 2.55 bits per heavy atom. The van der Waals surface area contributed by atoms with Crippen LogP contribution in [0.4, 0.5) is 0 Å². The van der Waals surface area contributed by atoms with Crippen molar-refractivity contribution in [3.8, 4) is 0 Å². The Hall–Kier alpha value is -1.36. The Kier molecular flexibility index (Phi) is 7.95. The Balaban J connectivity index is 2.10. The average Bonchev–Trinajstić information content (AvgIpc) is 2.91. The highest BCUT2D eigenvalue weighted by Crippen LogP contribution is 2.09. The van der Waals surface area contributed by atoms with E-state index in [1.807, 2.05) is 0 Å². The SMILES string of the molecule is CCCCCCCCCNC(=O)c1coc(C(C)N)n1. The molecule has 0 saturated heterocycles. The maximum Gasteiger partial charge on any atom is 0.273 e. The molecule has 1 heterocycles. The summed E-state index contributed by atoms with van der Waals surface area (Å²) in [6.07, 6.45) is 9.99. The number of unbranched alkanes of at least 4 members (excludes halogenated alkanes) is 6. The molecule has 20 heavy (non-hydrogen) atoms. The van der Waals surface area contributed by atoms with Crippen molar-refractivity contribution in [1.82, 2.24) is 10.3 Å². The summed E-state index contributed by atoms with van der Waals surface area (Å²) >= 11 is 0. The largest absolute Gasteiger partial charge is 0.446 e. The van der Waals surface area contributed by atoms with Crippen molar-refractivity contribution in [3.63, 3.8) is 0 Å². The second kappa shape index (κ2) is 9.53. The van der Waals surface area contributed by atoms with Gasteiger partial charge in [-0.2, -0.15) is 0 Å². The Bertz CT molecular complexity index is 388. The molecular weight excluding hydrogens is 254 g/mol. The van der Waals surface area contributed by atoms with E-state index in [4.69, 9.17) is 10.2 Å². The monoisotopic (exact) mass is 281 g/mol. The second-order valence-electron chi connectivity index (χ2n) is 5.24. The van der Waals surface area contributed by atoms with Crippen LogP contribution in [0.25, 0.3) is 0 Å². The van der Waals surface area contributed by atoms with E-state index in [0.29, 0.717) is 18.1 Å². The zero-order valence-electron chi connectivity index (χ0n) is 12.7. The van der Waals surface area contributed by atoms with E-state index in [-0.39, 0.29) is 11.9 Å². The molecule has 1 aromatic rings. The smallest absolute Gasteiger partial charge is 0.273 e. The summed E-state index contributed by atoms with van der Waals surface area (Å²) < 4.78 is 5.13. The number of oxazole rings is 1. The third-order valence-corrected chi connectivity index (χ3v) is 3.21. The minimum absolute atomic E-state index is 0.188. The van der Waals surface area contributed by atoms with Gasteiger partial charge >= 0.3 is 0 Å². The normalized spacial score (nSPS) is 12.3. The van der Waals surface area contributed by atoms with E-state index in [2.05, 4.69) is 17.2 Å². The van der Waals surface area contributed by atoms with Crippen LogP contribution in [0.3, 0.4) is 0 Å². The van der Waals surface area contributed by atoms with Crippen molar-refractivity contribution >= 4 is 5.91 Å². The minimum atomic E-state index is -0.292. The fraction of sp³-hybridized carbons (Fsp3) is 0.733. The molecule has 5 heteroatoms. The third kappa shape index (κ3) is 6.19. The van der Waals surface area contributed by atoms with Crippen LogP contribution >= 0.6 is 0 Å². The van der Waals surface area contributed by atoms with Crippen molar-refractivity contribution < 1.29 is 9.21 Å². The van der Waals surface area contributed by atoms with E-state index >= 15 is 0 Å². The van der Waals surface area contributed by atoms with Gasteiger partial charge in [-0.25, -0.2) is 4.98 Å². The summed E-state index contributed by atoms with van der Waals surface area (Å²) in [4.78, 5) is 15.8. The lowest BCUT2D eigenvalue weighted by atomic mass is 10.1. The molecule has 5 nitrogen and oxygen atoms in total. The molecule has 0 aliphatic heterocycles. The Morgan fingerprint density at radius 2 is 1.95 bits per heavy atom. The highest BCUT2D eigenvalue weighted by molar-refractivity contribution is 5.91. The highest BCUT2D eigenvalue weighted by Gasteiger charge is 2.13. The average molecular weight is 281 g/mol. The fourth-order valence-electron chi connectivity index (χ4n) is 1.98. The minimum Gasteiger partial charge on any atom is -0.446 e. The first-order valence-corrected chi connectivity index (χ1v) is 7.64. The zero-order chi connectivity index (χ0) is 14.8. The summed E-state index contributed by atoms with van der Waals surface area (Å²) in [5.74, 6) is 0.206. The molecule has 0 spiro atoms. The van der Waals surface area contributed by atoms with Gasteiger partial charge in [0.1, 0.15) is 6.26 Å². The van der Waals surface area contributed by atoms with Crippen molar-refractivity contribution in [2.45, 2.75) is 64.8 Å². The summed E-state index contributed by atoms with van der Waals surface area (Å²) in [7, 11) is 0. The first-order chi connectivity index (χ1) is 9.65. The van der Waals surface area contributed by atoms with Gasteiger partial charge in [0, 0.05) is 6.54 Å². The number of carbonyl (C=O) groups excluding carboxylic acids is 1. The molecule has 0 bridgehead atoms. The predicted octanol–water partition coefficient (Wildman–Crippen LogP) is 3.17. The molecule has 1 aromatic heterocycles. The topological polar surface area (TPSA) is 81.2 Å². The standard InChI is InChI=1S/C15H27N3O2/c1-3-4-5-6-7-8-9-10-17-14(19)13-11-20-15(18-13)12(2)16/h11-12H,3-10,16H2,1-2H3,(H,17,19). The predicted molar refractivity (Wildman–Crippen MR) is 79.4 cm³/mol. The Morgan fingerprint density at radius 1 is 1.30 bits per heavy atom. The zero-order valence-corrected chi connectivity index (χ0v) is 12.7. The molecule has 0 aromatic carbocycles. The third-order valence-electron chi connectivity index (χ3n) is 3.21. The van der Waals surface area contributed by atoms with Crippen molar-refractivity contribution in [2.75, 3.05) is 6.54 Å². The molecule has 3 N–H and O–H groups in total. The van der Waals surface area contributed by atoms with Gasteiger partial charge in [-0.15, -0.1) is 0 Å². The number of carbonyl (C=O) groups is 1. The number of rotatable bonds is 10. The molecule has 0 radical (unpaired) electrons. The second-order valence-corrected chi connectivity index (χ2v) is 5.24. The lowest BCUT2D eigenvalue weighted by Crippen LogP contribution is -2.24. The van der Waals surface area contributed by atoms with Gasteiger partial charge in [0.05, 0.1) is 6.04 Å². The molecule has 1 atom stereocenters. The van der Waals surface area contributed by atoms with E-state index in [9.17, 15) is 4.79 Å². The van der Waals surface area contributed by atoms with E-state index in [0.717, 1.165) is 12.8 Å². The summed E-state index contributed by atoms with van der Waals surface area (Å²) in [5.41, 5.74) is 5.93. The molecule has 0 aliphatic rings. The van der Waals surface area contributed by atoms with Gasteiger partial charge in [-0.1, -0.05) is 45.4 Å². The summed E-state index contributed by atoms with van der Waals surface area (Å²) in [5, 5.41) is 2.85. The van der Waals surface area contributed by atoms with E-state index in [1.165, 1.54) is 38.4 Å². The van der Waals surface area contributed by atoms with Crippen LogP contribution in [-0.2, 0) is 0 Å². The molecular formula is C15H27N3O2. The number of amides is 1. The van der Waals surface area contributed by atoms with E-state index < -0.39 is 0 Å². The number of aromatic nitrogens is 1. The number of nitrogens with one attached hydrogen (secondary N) is 1. The molecule has 0 saturated carbocycles. The quantitative estimate of drug-likeness (QED) is 0.645. The molecule has 1 rings (SSSR count). The van der Waals surface area contributed by atoms with Gasteiger partial charge in [0.25, 0.3) is 5.91 Å². The van der Waals surface area contributed by atoms with Crippen LogP contribution in [-0.4, -0.2) is 17.4 Å². The maximum absolute atomic E-state index is 11.8. The van der Waals surface area contributed by atoms with Crippen molar-refractivity contribution in [3.05, 3.63) is 17.8 Å². The van der Waals surface area contributed by atoms with Crippen molar-refractivity contribution in [1.29, 1.82) is 0 Å². The van der Waals surface area contributed by atoms with Crippen LogP contribution in [0.5, 0.6) is 0 Å². The summed E-state index contributed by atoms with van der Waals surface area (Å²) in [6, 6.07) is -0.292. The molecule has 1 amide bonds. The van der Waals surface area contributed by atoms with Crippen LogP contribution in [0.1, 0.15) is 81.2 Å². The van der Waals surface area contributed by atoms with E-state index in [1.54, 1.807) is 6.92 Å². The van der Waals surface area contributed by atoms with Gasteiger partial charge in [0.15, 0.2) is 5.69 Å². The summed E-state index contributed by atoms with van der Waals surface area (Å²) in [6.45, 7) is 4.68. The molecule has 114 valence electrons. The highest BCUT2D eigenvalue weighted by atomic mass is 16.3. The van der Waals surface area contributed by atoms with Crippen LogP contribution in [0.15, 0.2) is 10.7 Å². The molecule has 0 aliphatic carbocycles. The number of nitrogens with zero attached hydrogens (tertiary/aromatic N) is 1. The number of hydrogen-bond donors (Lipinski definition) is 2.